The maximum Gasteiger partial charge on any atom is 0.145 e. The lowest BCUT2D eigenvalue weighted by Gasteiger charge is -2.10. The van der Waals surface area contributed by atoms with Crippen LogP contribution in [0, 0.1) is 0 Å². The van der Waals surface area contributed by atoms with Crippen LogP contribution in [-0.4, -0.2) is 17.1 Å². The molecule has 0 amide bonds. The zero-order valence-electron chi connectivity index (χ0n) is 11.0. The third-order valence-corrected chi connectivity index (χ3v) is 4.15. The first kappa shape index (κ1) is 10.9. The number of pyridine rings is 1. The van der Waals surface area contributed by atoms with Crippen molar-refractivity contribution in [3.05, 3.63) is 35.7 Å². The van der Waals surface area contributed by atoms with Gasteiger partial charge in [-0.05, 0) is 37.3 Å². The van der Waals surface area contributed by atoms with Gasteiger partial charge in [-0.25, -0.2) is 0 Å². The van der Waals surface area contributed by atoms with E-state index >= 15 is 0 Å². The molecular weight excluding hydrogens is 236 g/mol. The number of fused-ring (bicyclic) bond motifs is 5. The summed E-state index contributed by atoms with van der Waals surface area (Å²) in [5, 5.41) is 2.45. The van der Waals surface area contributed by atoms with E-state index in [2.05, 4.69) is 16.0 Å². The predicted molar refractivity (Wildman–Crippen MR) is 76.8 cm³/mol. The number of ether oxygens (including phenoxy) is 1. The molecule has 0 saturated heterocycles. The van der Waals surface area contributed by atoms with E-state index in [0.29, 0.717) is 0 Å². The molecule has 3 heteroatoms. The second-order valence-corrected chi connectivity index (χ2v) is 5.19. The van der Waals surface area contributed by atoms with E-state index in [1.807, 2.05) is 18.3 Å². The van der Waals surface area contributed by atoms with Crippen molar-refractivity contribution in [2.45, 2.75) is 25.7 Å². The van der Waals surface area contributed by atoms with Gasteiger partial charge >= 0.3 is 0 Å². The number of para-hydroxylation sites is 1. The molecule has 1 aromatic carbocycles. The van der Waals surface area contributed by atoms with E-state index < -0.39 is 0 Å². The van der Waals surface area contributed by atoms with Gasteiger partial charge in [0.1, 0.15) is 11.3 Å². The molecule has 4 rings (SSSR count). The molecule has 0 spiro atoms. The highest BCUT2D eigenvalue weighted by Gasteiger charge is 2.17. The Morgan fingerprint density at radius 2 is 2.05 bits per heavy atom. The second-order valence-electron chi connectivity index (χ2n) is 5.19. The third kappa shape index (κ3) is 1.47. The van der Waals surface area contributed by atoms with Crippen LogP contribution in [0.2, 0.25) is 0 Å². The van der Waals surface area contributed by atoms with Crippen LogP contribution in [0.15, 0.2) is 24.4 Å². The summed E-state index contributed by atoms with van der Waals surface area (Å²) in [6, 6.07) is 6.11. The number of aryl methyl sites for hydroxylation is 2. The number of nitrogens with one attached hydrogen (secondary N) is 1. The molecule has 19 heavy (non-hydrogen) atoms. The molecule has 3 aromatic rings. The monoisotopic (exact) mass is 252 g/mol. The molecule has 0 radical (unpaired) electrons. The van der Waals surface area contributed by atoms with Crippen LogP contribution in [0.5, 0.6) is 5.75 Å². The average Bonchev–Trinajstić information content (AvgIpc) is 2.85. The van der Waals surface area contributed by atoms with Crippen molar-refractivity contribution in [3.63, 3.8) is 0 Å². The van der Waals surface area contributed by atoms with E-state index in [0.717, 1.165) is 23.1 Å². The minimum Gasteiger partial charge on any atom is -0.494 e. The molecule has 1 aliphatic carbocycles. The number of rotatable bonds is 1. The Morgan fingerprint density at radius 3 is 2.95 bits per heavy atom. The van der Waals surface area contributed by atoms with Gasteiger partial charge in [-0.1, -0.05) is 12.1 Å². The molecule has 2 aromatic heterocycles. The summed E-state index contributed by atoms with van der Waals surface area (Å²) in [4.78, 5) is 8.23. The quantitative estimate of drug-likeness (QED) is 0.718. The molecule has 0 atom stereocenters. The second kappa shape index (κ2) is 3.98. The number of aromatic amines is 1. The van der Waals surface area contributed by atoms with Crippen LogP contribution in [0.25, 0.3) is 21.8 Å². The summed E-state index contributed by atoms with van der Waals surface area (Å²) < 4.78 is 5.40. The fourth-order valence-corrected chi connectivity index (χ4v) is 3.22. The molecule has 0 aliphatic heterocycles. The number of hydrogen-bond donors (Lipinski definition) is 1. The normalized spacial score (nSPS) is 14.8. The van der Waals surface area contributed by atoms with Crippen molar-refractivity contribution in [3.8, 4) is 5.75 Å². The summed E-state index contributed by atoms with van der Waals surface area (Å²) in [7, 11) is 1.69. The van der Waals surface area contributed by atoms with Gasteiger partial charge < -0.3 is 9.72 Å². The predicted octanol–water partition coefficient (Wildman–Crippen LogP) is 3.60. The summed E-state index contributed by atoms with van der Waals surface area (Å²) >= 11 is 0. The minimum absolute atomic E-state index is 0.840. The van der Waals surface area contributed by atoms with Gasteiger partial charge in [0.25, 0.3) is 0 Å². The smallest absolute Gasteiger partial charge is 0.145 e. The lowest BCUT2D eigenvalue weighted by atomic mass is 9.96. The van der Waals surface area contributed by atoms with Crippen LogP contribution < -0.4 is 4.74 Å². The van der Waals surface area contributed by atoms with Crippen molar-refractivity contribution in [1.29, 1.82) is 0 Å². The maximum atomic E-state index is 5.40. The van der Waals surface area contributed by atoms with Crippen LogP contribution >= 0.6 is 0 Å². The highest BCUT2D eigenvalue weighted by Crippen LogP contribution is 2.34. The third-order valence-electron chi connectivity index (χ3n) is 4.15. The van der Waals surface area contributed by atoms with E-state index in [1.165, 1.54) is 41.4 Å². The van der Waals surface area contributed by atoms with Gasteiger partial charge in [-0.2, -0.15) is 0 Å². The van der Waals surface area contributed by atoms with Crippen molar-refractivity contribution in [1.82, 2.24) is 9.97 Å². The lowest BCUT2D eigenvalue weighted by Crippen LogP contribution is -1.99. The zero-order valence-corrected chi connectivity index (χ0v) is 11.0. The van der Waals surface area contributed by atoms with Crippen molar-refractivity contribution in [2.75, 3.05) is 7.11 Å². The van der Waals surface area contributed by atoms with Gasteiger partial charge in [0, 0.05) is 22.7 Å². The van der Waals surface area contributed by atoms with Crippen LogP contribution in [0.1, 0.15) is 24.1 Å². The van der Waals surface area contributed by atoms with Gasteiger partial charge in [0.05, 0.1) is 12.6 Å². The summed E-state index contributed by atoms with van der Waals surface area (Å²) in [6.45, 7) is 0. The topological polar surface area (TPSA) is 37.9 Å². The van der Waals surface area contributed by atoms with Crippen molar-refractivity contribution in [2.24, 2.45) is 0 Å². The van der Waals surface area contributed by atoms with Crippen LogP contribution in [0.3, 0.4) is 0 Å². The Kier molecular flexibility index (Phi) is 2.28. The molecule has 1 aliphatic rings. The van der Waals surface area contributed by atoms with Crippen LogP contribution in [-0.2, 0) is 12.8 Å². The summed E-state index contributed by atoms with van der Waals surface area (Å²) in [6.07, 6.45) is 6.91. The Labute approximate surface area is 111 Å². The zero-order chi connectivity index (χ0) is 12.8. The first-order chi connectivity index (χ1) is 9.38. The SMILES string of the molecule is COc1cccc2c1ncc1c3c([nH]c12)CCCC3. The highest BCUT2D eigenvalue weighted by molar-refractivity contribution is 6.06. The molecule has 0 unspecified atom stereocenters. The Balaban J connectivity index is 2.12. The fourth-order valence-electron chi connectivity index (χ4n) is 3.22. The number of aromatic nitrogens is 2. The summed E-state index contributed by atoms with van der Waals surface area (Å²) in [5.74, 6) is 0.840. The maximum absolute atomic E-state index is 5.40. The van der Waals surface area contributed by atoms with E-state index in [-0.39, 0.29) is 0 Å². The number of H-pyrrole nitrogens is 1. The molecule has 0 fully saturated rings. The number of hydrogen-bond acceptors (Lipinski definition) is 2. The standard InChI is InChI=1S/C16H16N2O/c1-19-14-8-4-6-11-15-12(9-17-16(11)14)10-5-2-3-7-13(10)18-15/h4,6,8-9,18H,2-3,5,7H2,1H3. The van der Waals surface area contributed by atoms with Crippen molar-refractivity contribution >= 4 is 21.8 Å². The molecule has 3 nitrogen and oxygen atoms in total. The largest absolute Gasteiger partial charge is 0.494 e. The Bertz CT molecular complexity index is 773. The minimum atomic E-state index is 0.840. The lowest BCUT2D eigenvalue weighted by molar-refractivity contribution is 0.419. The average molecular weight is 252 g/mol. The molecule has 0 bridgehead atoms. The molecule has 1 N–H and O–H groups in total. The molecule has 96 valence electrons. The Hall–Kier alpha value is -2.03. The van der Waals surface area contributed by atoms with Crippen molar-refractivity contribution < 1.29 is 4.74 Å². The molecule has 0 saturated carbocycles. The number of benzene rings is 1. The fraction of sp³-hybridized carbons (Fsp3) is 0.312. The number of methoxy groups -OCH3 is 1. The Morgan fingerprint density at radius 1 is 1.16 bits per heavy atom. The van der Waals surface area contributed by atoms with Gasteiger partial charge in [0.15, 0.2) is 0 Å². The van der Waals surface area contributed by atoms with Gasteiger partial charge in [-0.3, -0.25) is 4.98 Å². The first-order valence-electron chi connectivity index (χ1n) is 6.83. The number of nitrogens with zero attached hydrogens (tertiary/aromatic N) is 1. The van der Waals surface area contributed by atoms with Gasteiger partial charge in [0.2, 0.25) is 0 Å². The van der Waals surface area contributed by atoms with E-state index in [4.69, 9.17) is 4.74 Å². The van der Waals surface area contributed by atoms with Gasteiger partial charge in [-0.15, -0.1) is 0 Å². The van der Waals surface area contributed by atoms with Crippen LogP contribution in [0.4, 0.5) is 0 Å². The van der Waals surface area contributed by atoms with E-state index in [9.17, 15) is 0 Å². The van der Waals surface area contributed by atoms with E-state index in [1.54, 1.807) is 7.11 Å². The molecule has 2 heterocycles. The summed E-state index contributed by atoms with van der Waals surface area (Å²) in [5.41, 5.74) is 5.03. The molecular formula is C16H16N2O. The highest BCUT2D eigenvalue weighted by atomic mass is 16.5. The first-order valence-corrected chi connectivity index (χ1v) is 6.83.